The van der Waals surface area contributed by atoms with E-state index in [0.717, 1.165) is 18.7 Å². The van der Waals surface area contributed by atoms with Gasteiger partial charge < -0.3 is 19.6 Å². The minimum atomic E-state index is -4.81. The smallest absolute Gasteiger partial charge is 0.417 e. The molecule has 0 aliphatic carbocycles. The van der Waals surface area contributed by atoms with Gasteiger partial charge >= 0.3 is 6.18 Å². The first-order valence-electron chi connectivity index (χ1n) is 8.81. The highest BCUT2D eigenvalue weighted by atomic mass is 19.4. The molecule has 0 radical (unpaired) electrons. The number of amides is 1. The second kappa shape index (κ2) is 7.08. The van der Waals surface area contributed by atoms with Gasteiger partial charge in [0.25, 0.3) is 0 Å². The van der Waals surface area contributed by atoms with E-state index in [-0.39, 0.29) is 0 Å². The molecule has 1 aromatic rings. The molecule has 1 aromatic carbocycles. The van der Waals surface area contributed by atoms with Crippen molar-refractivity contribution in [2.24, 2.45) is 0 Å². The van der Waals surface area contributed by atoms with Crippen LogP contribution < -0.4 is 9.64 Å². The van der Waals surface area contributed by atoms with Crippen LogP contribution in [0.25, 0.3) is 0 Å². The normalized spacial score (nSPS) is 20.4. The van der Waals surface area contributed by atoms with E-state index in [1.807, 2.05) is 12.1 Å². The van der Waals surface area contributed by atoms with E-state index in [9.17, 15) is 23.1 Å². The van der Waals surface area contributed by atoms with Gasteiger partial charge in [0.05, 0.1) is 39.2 Å². The van der Waals surface area contributed by atoms with Crippen molar-refractivity contribution >= 4 is 5.91 Å². The molecule has 144 valence electrons. The third-order valence-electron chi connectivity index (χ3n) is 5.14. The van der Waals surface area contributed by atoms with Crippen LogP contribution in [0.15, 0.2) is 18.2 Å². The molecule has 1 atom stereocenters. The van der Waals surface area contributed by atoms with E-state index in [1.165, 1.54) is 20.9 Å². The topological polar surface area (TPSA) is 54.2 Å². The highest BCUT2D eigenvalue weighted by molar-refractivity contribution is 5.77. The van der Waals surface area contributed by atoms with Gasteiger partial charge in [-0.25, -0.2) is 0 Å². The highest BCUT2D eigenvalue weighted by Crippen LogP contribution is 2.33. The quantitative estimate of drug-likeness (QED) is 0.811. The van der Waals surface area contributed by atoms with E-state index in [1.54, 1.807) is 0 Å². The van der Waals surface area contributed by atoms with Crippen molar-refractivity contribution in [2.45, 2.75) is 38.1 Å². The van der Waals surface area contributed by atoms with Crippen molar-refractivity contribution in [3.63, 3.8) is 0 Å². The number of carbonyl (C=O) groups excluding carboxylic acids is 1. The molecule has 1 fully saturated rings. The van der Waals surface area contributed by atoms with Gasteiger partial charge in [0.2, 0.25) is 5.91 Å². The summed E-state index contributed by atoms with van der Waals surface area (Å²) in [5.74, 6) is 0.289. The summed E-state index contributed by atoms with van der Waals surface area (Å²) < 4.78 is 43.7. The van der Waals surface area contributed by atoms with E-state index >= 15 is 0 Å². The molecule has 0 aromatic heterocycles. The van der Waals surface area contributed by atoms with Crippen molar-refractivity contribution in [1.29, 1.82) is 0 Å². The number of hydrogen-bond acceptors (Lipinski definition) is 3. The summed E-state index contributed by atoms with van der Waals surface area (Å²) in [4.78, 5) is 14.8. The van der Waals surface area contributed by atoms with Crippen molar-refractivity contribution in [1.82, 2.24) is 4.90 Å². The van der Waals surface area contributed by atoms with E-state index in [4.69, 9.17) is 4.74 Å². The first kappa shape index (κ1) is 19.0. The number of hydrogen-bond donors (Lipinski definition) is 2. The van der Waals surface area contributed by atoms with Crippen LogP contribution in [0.1, 0.15) is 24.5 Å². The Hall–Kier alpha value is -1.80. The first-order valence-corrected chi connectivity index (χ1v) is 8.81. The fourth-order valence-corrected chi connectivity index (χ4v) is 3.39. The molecule has 26 heavy (non-hydrogen) atoms. The van der Waals surface area contributed by atoms with E-state index in [2.05, 4.69) is 6.07 Å². The molecule has 1 amide bonds. The van der Waals surface area contributed by atoms with Gasteiger partial charge in [-0.05, 0) is 30.7 Å². The number of rotatable bonds is 4. The van der Waals surface area contributed by atoms with Crippen LogP contribution in [-0.4, -0.2) is 60.5 Å². The fraction of sp³-hybridized carbons (Fsp3) is 0.611. The standard InChI is InChI=1S/C18H23F3N2O3/c1-17(25,18(19,20)21)11-16(24)23-7-5-22(6-8-23)12-13-2-3-15-14(10-13)4-9-26-15/h2-3,10,25H,4-9,11-12H2,1H3/p+1/t17-/m0/s1. The van der Waals surface area contributed by atoms with Crippen molar-refractivity contribution < 1.29 is 32.7 Å². The lowest BCUT2D eigenvalue weighted by atomic mass is 10.0. The summed E-state index contributed by atoms with van der Waals surface area (Å²) in [6.07, 6.45) is -4.83. The van der Waals surface area contributed by atoms with Crippen LogP contribution in [-0.2, 0) is 17.8 Å². The Morgan fingerprint density at radius 1 is 1.31 bits per heavy atom. The van der Waals surface area contributed by atoms with Crippen LogP contribution >= 0.6 is 0 Å². The lowest BCUT2D eigenvalue weighted by molar-refractivity contribution is -0.917. The number of fused-ring (bicyclic) bond motifs is 1. The van der Waals surface area contributed by atoms with Crippen molar-refractivity contribution in [3.8, 4) is 5.75 Å². The average molecular weight is 373 g/mol. The summed E-state index contributed by atoms with van der Waals surface area (Å²) in [5.41, 5.74) is -0.574. The van der Waals surface area contributed by atoms with E-state index < -0.39 is 24.1 Å². The third-order valence-corrected chi connectivity index (χ3v) is 5.14. The summed E-state index contributed by atoms with van der Waals surface area (Å²) in [7, 11) is 0. The van der Waals surface area contributed by atoms with Gasteiger partial charge in [0.15, 0.2) is 5.60 Å². The maximum Gasteiger partial charge on any atom is 0.417 e. The van der Waals surface area contributed by atoms with Gasteiger partial charge in [-0.15, -0.1) is 0 Å². The SMILES string of the molecule is C[C@](O)(CC(=O)N1CC[NH+](Cc2ccc3c(c2)CCO3)CC1)C(F)(F)F. The number of nitrogens with one attached hydrogen (secondary N) is 1. The van der Waals surface area contributed by atoms with Gasteiger partial charge in [0, 0.05) is 12.0 Å². The molecular formula is C18H24F3N2O3+. The fourth-order valence-electron chi connectivity index (χ4n) is 3.39. The molecule has 0 saturated carbocycles. The van der Waals surface area contributed by atoms with Gasteiger partial charge in [0.1, 0.15) is 12.3 Å². The van der Waals surface area contributed by atoms with Crippen LogP contribution in [0, 0.1) is 0 Å². The third kappa shape index (κ3) is 4.12. The number of alkyl halides is 3. The Balaban J connectivity index is 1.50. The second-order valence-corrected chi connectivity index (χ2v) is 7.30. The van der Waals surface area contributed by atoms with Gasteiger partial charge in [-0.1, -0.05) is 0 Å². The lowest BCUT2D eigenvalue weighted by Crippen LogP contribution is -3.13. The Labute approximate surface area is 150 Å². The van der Waals surface area contributed by atoms with Crippen LogP contribution in [0.2, 0.25) is 0 Å². The molecule has 2 aliphatic heterocycles. The molecule has 1 saturated heterocycles. The first-order chi connectivity index (χ1) is 12.2. The Bertz CT molecular complexity index is 668. The molecule has 0 unspecified atom stereocenters. The number of aliphatic hydroxyl groups is 1. The monoisotopic (exact) mass is 373 g/mol. The maximum absolute atomic E-state index is 12.7. The molecule has 3 rings (SSSR count). The summed E-state index contributed by atoms with van der Waals surface area (Å²) >= 11 is 0. The molecule has 0 spiro atoms. The summed E-state index contributed by atoms with van der Waals surface area (Å²) in [5, 5.41) is 9.49. The molecular weight excluding hydrogens is 349 g/mol. The molecule has 2 aliphatic rings. The van der Waals surface area contributed by atoms with Gasteiger partial charge in [-0.3, -0.25) is 4.79 Å². The van der Waals surface area contributed by atoms with Gasteiger partial charge in [-0.2, -0.15) is 13.2 Å². The average Bonchev–Trinajstić information content (AvgIpc) is 3.01. The van der Waals surface area contributed by atoms with E-state index in [0.29, 0.717) is 39.7 Å². The zero-order chi connectivity index (χ0) is 18.9. The van der Waals surface area contributed by atoms with Crippen LogP contribution in [0.4, 0.5) is 13.2 Å². The zero-order valence-corrected chi connectivity index (χ0v) is 14.7. The Morgan fingerprint density at radius 3 is 2.65 bits per heavy atom. The number of quaternary nitrogens is 1. The number of piperazine rings is 1. The highest BCUT2D eigenvalue weighted by Gasteiger charge is 2.51. The number of nitrogens with zero attached hydrogens (tertiary/aromatic N) is 1. The summed E-state index contributed by atoms with van der Waals surface area (Å²) in [6.45, 7) is 4.32. The predicted octanol–water partition coefficient (Wildman–Crippen LogP) is 0.552. The van der Waals surface area contributed by atoms with Crippen molar-refractivity contribution in [3.05, 3.63) is 29.3 Å². The Kier molecular flexibility index (Phi) is 5.16. The number of ether oxygens (including phenoxy) is 1. The largest absolute Gasteiger partial charge is 0.493 e. The summed E-state index contributed by atoms with van der Waals surface area (Å²) in [6, 6.07) is 6.17. The minimum Gasteiger partial charge on any atom is -0.493 e. The maximum atomic E-state index is 12.7. The number of benzene rings is 1. The minimum absolute atomic E-state index is 0.399. The van der Waals surface area contributed by atoms with Crippen LogP contribution in [0.3, 0.4) is 0 Å². The second-order valence-electron chi connectivity index (χ2n) is 7.30. The number of halogens is 3. The predicted molar refractivity (Wildman–Crippen MR) is 87.9 cm³/mol. The molecule has 2 N–H and O–H groups in total. The lowest BCUT2D eigenvalue weighted by Gasteiger charge is -2.34. The molecule has 2 heterocycles. The number of carbonyl (C=O) groups is 1. The Morgan fingerprint density at radius 2 is 2.00 bits per heavy atom. The molecule has 5 nitrogen and oxygen atoms in total. The zero-order valence-electron chi connectivity index (χ0n) is 14.7. The van der Waals surface area contributed by atoms with Crippen LogP contribution in [0.5, 0.6) is 5.75 Å². The molecule has 0 bridgehead atoms. The van der Waals surface area contributed by atoms with Crippen molar-refractivity contribution in [2.75, 3.05) is 32.8 Å². The molecule has 8 heteroatoms.